The number of carbonyl (C=O) groups excluding carboxylic acids is 1. The summed E-state index contributed by atoms with van der Waals surface area (Å²) in [5.41, 5.74) is 0.306. The van der Waals surface area contributed by atoms with Crippen molar-refractivity contribution in [1.82, 2.24) is 14.1 Å². The van der Waals surface area contributed by atoms with Crippen LogP contribution in [0.3, 0.4) is 0 Å². The number of aryl methyl sites for hydroxylation is 1. The fourth-order valence-corrected chi connectivity index (χ4v) is 2.41. The minimum atomic E-state index is -4.18. The van der Waals surface area contributed by atoms with Crippen molar-refractivity contribution in [3.05, 3.63) is 51.9 Å². The topological polar surface area (TPSA) is 108 Å². The lowest BCUT2D eigenvalue weighted by Gasteiger charge is -2.15. The average molecular weight is 381 g/mol. The predicted molar refractivity (Wildman–Crippen MR) is 93.8 cm³/mol. The van der Waals surface area contributed by atoms with Crippen LogP contribution >= 0.6 is 0 Å². The Morgan fingerprint density at radius 2 is 1.85 bits per heavy atom. The normalized spacial score (nSPS) is 11.4. The summed E-state index contributed by atoms with van der Waals surface area (Å²) in [7, 11) is -1.68. The third kappa shape index (κ3) is 4.27. The van der Waals surface area contributed by atoms with Crippen molar-refractivity contribution in [2.24, 2.45) is 0 Å². The molecule has 0 aliphatic heterocycles. The number of benzene rings is 1. The Kier molecular flexibility index (Phi) is 5.78. The number of rotatable bonds is 6. The van der Waals surface area contributed by atoms with E-state index in [1.54, 1.807) is 31.2 Å². The molecule has 0 aliphatic carbocycles. The highest BCUT2D eigenvalue weighted by molar-refractivity contribution is 7.84. The van der Waals surface area contributed by atoms with Gasteiger partial charge in [0.15, 0.2) is 5.75 Å². The maximum absolute atomic E-state index is 12.4. The summed E-state index contributed by atoms with van der Waals surface area (Å²) in [6.45, 7) is 3.52. The van der Waals surface area contributed by atoms with Crippen LogP contribution in [0.25, 0.3) is 5.69 Å². The third-order valence-corrected chi connectivity index (χ3v) is 4.57. The van der Waals surface area contributed by atoms with Crippen LogP contribution < -0.4 is 9.74 Å². The lowest BCUT2D eigenvalue weighted by Crippen LogP contribution is -2.30. The molecule has 0 radical (unpaired) electrons. The van der Waals surface area contributed by atoms with Crippen molar-refractivity contribution in [2.75, 3.05) is 20.7 Å². The van der Waals surface area contributed by atoms with Gasteiger partial charge >= 0.3 is 16.3 Å². The highest BCUT2D eigenvalue weighted by Gasteiger charge is 2.25. The third-order valence-electron chi connectivity index (χ3n) is 3.29. The zero-order valence-electron chi connectivity index (χ0n) is 14.8. The van der Waals surface area contributed by atoms with Crippen LogP contribution in [0.1, 0.15) is 23.0 Å². The number of ether oxygens (including phenoxy) is 1. The van der Waals surface area contributed by atoms with Gasteiger partial charge in [-0.15, -0.1) is 0 Å². The second kappa shape index (κ2) is 7.67. The quantitative estimate of drug-likeness (QED) is 0.684. The van der Waals surface area contributed by atoms with Crippen molar-refractivity contribution in [1.29, 1.82) is 0 Å². The second-order valence-electron chi connectivity index (χ2n) is 5.49. The molecule has 0 spiro atoms. The van der Waals surface area contributed by atoms with Gasteiger partial charge in [-0.2, -0.15) is 22.5 Å². The van der Waals surface area contributed by atoms with Gasteiger partial charge in [0.05, 0.1) is 18.4 Å². The van der Waals surface area contributed by atoms with Gasteiger partial charge < -0.3 is 8.92 Å². The molecule has 0 amide bonds. The van der Waals surface area contributed by atoms with Crippen molar-refractivity contribution < 1.29 is 22.1 Å². The summed E-state index contributed by atoms with van der Waals surface area (Å²) in [6, 6.07) is 7.73. The fraction of sp³-hybridized carbons (Fsp3) is 0.312. The first kappa shape index (κ1) is 19.6. The molecule has 0 atom stereocenters. The SMILES string of the molecule is CCOC(=O)c1nn(-c2ccc(C)cc2)c(=O)cc1OS(=O)(=O)N(C)C. The molecular formula is C16H19N3O6S. The maximum atomic E-state index is 12.4. The Morgan fingerprint density at radius 1 is 1.23 bits per heavy atom. The minimum absolute atomic E-state index is 0.0457. The molecule has 2 rings (SSSR count). The zero-order chi connectivity index (χ0) is 19.5. The van der Waals surface area contributed by atoms with Crippen LogP contribution in [0.15, 0.2) is 35.1 Å². The van der Waals surface area contributed by atoms with Gasteiger partial charge in [-0.05, 0) is 26.0 Å². The van der Waals surface area contributed by atoms with Crippen LogP contribution in [0, 0.1) is 6.92 Å². The number of hydrogen-bond acceptors (Lipinski definition) is 7. The first-order valence-electron chi connectivity index (χ1n) is 7.66. The summed E-state index contributed by atoms with van der Waals surface area (Å²) < 4.78 is 35.4. The van der Waals surface area contributed by atoms with E-state index in [1.165, 1.54) is 14.1 Å². The molecule has 9 nitrogen and oxygen atoms in total. The lowest BCUT2D eigenvalue weighted by molar-refractivity contribution is 0.0515. The number of aromatic nitrogens is 2. The molecule has 0 unspecified atom stereocenters. The Labute approximate surface area is 151 Å². The molecule has 0 fully saturated rings. The zero-order valence-corrected chi connectivity index (χ0v) is 15.6. The smallest absolute Gasteiger partial charge is 0.384 e. The number of esters is 1. The van der Waals surface area contributed by atoms with Crippen LogP contribution in [0.4, 0.5) is 0 Å². The van der Waals surface area contributed by atoms with Crippen LogP contribution in [0.5, 0.6) is 5.75 Å². The minimum Gasteiger partial charge on any atom is -0.461 e. The molecule has 0 aliphatic rings. The Bertz CT molecular complexity index is 964. The summed E-state index contributed by atoms with van der Waals surface area (Å²) >= 11 is 0. The molecule has 0 bridgehead atoms. The van der Waals surface area contributed by atoms with E-state index in [0.717, 1.165) is 20.6 Å². The van der Waals surface area contributed by atoms with E-state index in [1.807, 2.05) is 6.92 Å². The molecule has 1 aromatic carbocycles. The van der Waals surface area contributed by atoms with Crippen LogP contribution in [-0.4, -0.2) is 49.2 Å². The Hall–Kier alpha value is -2.72. The first-order valence-corrected chi connectivity index (χ1v) is 9.02. The summed E-state index contributed by atoms with van der Waals surface area (Å²) in [4.78, 5) is 24.6. The van der Waals surface area contributed by atoms with Crippen molar-refractivity contribution in [2.45, 2.75) is 13.8 Å². The molecule has 26 heavy (non-hydrogen) atoms. The highest BCUT2D eigenvalue weighted by atomic mass is 32.2. The first-order chi connectivity index (χ1) is 12.2. The van der Waals surface area contributed by atoms with Gasteiger partial charge in [0.1, 0.15) is 0 Å². The van der Waals surface area contributed by atoms with Crippen molar-refractivity contribution >= 4 is 16.3 Å². The molecule has 0 saturated carbocycles. The fourth-order valence-electron chi connectivity index (χ4n) is 1.90. The van der Waals surface area contributed by atoms with Gasteiger partial charge in [-0.3, -0.25) is 4.79 Å². The largest absolute Gasteiger partial charge is 0.461 e. The molecule has 1 heterocycles. The van der Waals surface area contributed by atoms with E-state index in [9.17, 15) is 18.0 Å². The molecule has 140 valence electrons. The monoisotopic (exact) mass is 381 g/mol. The van der Waals surface area contributed by atoms with E-state index in [4.69, 9.17) is 8.92 Å². The highest BCUT2D eigenvalue weighted by Crippen LogP contribution is 2.19. The standard InChI is InChI=1S/C16H19N3O6S/c1-5-24-16(21)15-13(25-26(22,23)18(3)4)10-14(20)19(17-15)12-8-6-11(2)7-9-12/h6-10H,5H2,1-4H3. The van der Waals surface area contributed by atoms with E-state index < -0.39 is 33.3 Å². The molecule has 10 heteroatoms. The lowest BCUT2D eigenvalue weighted by atomic mass is 10.2. The molecule has 1 aromatic heterocycles. The maximum Gasteiger partial charge on any atom is 0.384 e. The van der Waals surface area contributed by atoms with Gasteiger partial charge in [-0.25, -0.2) is 4.79 Å². The summed E-state index contributed by atoms with van der Waals surface area (Å²) in [5, 5.41) is 3.96. The number of hydrogen-bond donors (Lipinski definition) is 0. The Balaban J connectivity index is 2.62. The van der Waals surface area contributed by atoms with Crippen molar-refractivity contribution in [3.8, 4) is 11.4 Å². The van der Waals surface area contributed by atoms with E-state index in [2.05, 4.69) is 5.10 Å². The van der Waals surface area contributed by atoms with E-state index in [0.29, 0.717) is 5.69 Å². The van der Waals surface area contributed by atoms with Crippen LogP contribution in [0.2, 0.25) is 0 Å². The summed E-state index contributed by atoms with van der Waals surface area (Å²) in [6.07, 6.45) is 0. The van der Waals surface area contributed by atoms with Crippen LogP contribution in [-0.2, 0) is 15.0 Å². The average Bonchev–Trinajstić information content (AvgIpc) is 2.55. The second-order valence-corrected chi connectivity index (χ2v) is 7.24. The predicted octanol–water partition coefficient (Wildman–Crippen LogP) is 0.903. The number of nitrogens with zero attached hydrogens (tertiary/aromatic N) is 3. The van der Waals surface area contributed by atoms with Gasteiger partial charge in [-0.1, -0.05) is 17.7 Å². The van der Waals surface area contributed by atoms with E-state index in [-0.39, 0.29) is 6.61 Å². The van der Waals surface area contributed by atoms with Crippen molar-refractivity contribution in [3.63, 3.8) is 0 Å². The van der Waals surface area contributed by atoms with Gasteiger partial charge in [0.25, 0.3) is 5.56 Å². The Morgan fingerprint density at radius 3 is 2.38 bits per heavy atom. The van der Waals surface area contributed by atoms with E-state index >= 15 is 0 Å². The number of carbonyl (C=O) groups is 1. The van der Waals surface area contributed by atoms with Gasteiger partial charge in [0.2, 0.25) is 5.69 Å². The molecule has 0 saturated heterocycles. The molecule has 2 aromatic rings. The molecule has 0 N–H and O–H groups in total. The van der Waals surface area contributed by atoms with Gasteiger partial charge in [0, 0.05) is 14.1 Å². The summed E-state index contributed by atoms with van der Waals surface area (Å²) in [5.74, 6) is -1.40. The molecular weight excluding hydrogens is 362 g/mol.